The number of rotatable bonds is 4. The van der Waals surface area contributed by atoms with Crippen molar-refractivity contribution >= 4 is 5.69 Å². The molecule has 2 heterocycles. The number of hydrogen-bond acceptors (Lipinski definition) is 5. The van der Waals surface area contributed by atoms with Gasteiger partial charge in [0.15, 0.2) is 11.5 Å². The first kappa shape index (κ1) is 20.7. The average Bonchev–Trinajstić information content (AvgIpc) is 2.73. The molecule has 2 aromatic rings. The number of piperidine rings is 1. The van der Waals surface area contributed by atoms with Crippen LogP contribution in [0.1, 0.15) is 24.8 Å². The number of phenols is 1. The van der Waals surface area contributed by atoms with E-state index in [0.29, 0.717) is 12.2 Å². The normalized spacial score (nSPS) is 20.8. The number of phenolic OH excluding ortho intramolecular Hbond substituents is 1. The number of anilines is 1. The number of benzene rings is 2. The van der Waals surface area contributed by atoms with Gasteiger partial charge in [-0.05, 0) is 49.1 Å². The summed E-state index contributed by atoms with van der Waals surface area (Å²) in [7, 11) is 0. The molecule has 2 aromatic carbocycles. The zero-order chi connectivity index (χ0) is 21.3. The van der Waals surface area contributed by atoms with Gasteiger partial charge in [0.2, 0.25) is 0 Å². The lowest BCUT2D eigenvalue weighted by atomic mass is 9.86. The molecule has 2 aliphatic heterocycles. The third-order valence-corrected chi connectivity index (χ3v) is 5.89. The van der Waals surface area contributed by atoms with Crippen LogP contribution in [-0.4, -0.2) is 36.9 Å². The maximum atomic E-state index is 13.0. The average molecular weight is 422 g/mol. The van der Waals surface area contributed by atoms with Gasteiger partial charge in [-0.25, -0.2) is 0 Å². The molecular formula is C22H25F3N2O3. The first-order valence-electron chi connectivity index (χ1n) is 10.1. The molecule has 5 nitrogen and oxygen atoms in total. The number of aromatic hydroxyl groups is 1. The Kier molecular flexibility index (Phi) is 5.69. The monoisotopic (exact) mass is 422 g/mol. The predicted octanol–water partition coefficient (Wildman–Crippen LogP) is 4.18. The third kappa shape index (κ3) is 4.43. The van der Waals surface area contributed by atoms with Crippen molar-refractivity contribution in [3.63, 3.8) is 0 Å². The third-order valence-electron chi connectivity index (χ3n) is 5.89. The number of ether oxygens (including phenoxy) is 2. The number of fused-ring (bicyclic) bond motifs is 1. The minimum absolute atomic E-state index is 0.114. The quantitative estimate of drug-likeness (QED) is 0.774. The maximum absolute atomic E-state index is 13.0. The van der Waals surface area contributed by atoms with E-state index in [2.05, 4.69) is 4.90 Å². The molecule has 0 saturated carbocycles. The molecule has 0 aliphatic carbocycles. The summed E-state index contributed by atoms with van der Waals surface area (Å²) in [5, 5.41) is 10.0. The molecule has 30 heavy (non-hydrogen) atoms. The number of nitrogens with zero attached hydrogens (tertiary/aromatic N) is 1. The summed E-state index contributed by atoms with van der Waals surface area (Å²) in [6.07, 6.45) is -2.55. The first-order chi connectivity index (χ1) is 14.3. The summed E-state index contributed by atoms with van der Waals surface area (Å²) >= 11 is 0. The Balaban J connectivity index is 1.33. The Hall–Kier alpha value is -2.61. The number of alkyl halides is 3. The van der Waals surface area contributed by atoms with E-state index >= 15 is 0 Å². The smallest absolute Gasteiger partial charge is 0.416 e. The van der Waals surface area contributed by atoms with E-state index < -0.39 is 11.7 Å². The van der Waals surface area contributed by atoms with Crippen LogP contribution in [0.4, 0.5) is 18.9 Å². The van der Waals surface area contributed by atoms with E-state index in [1.54, 1.807) is 12.1 Å². The lowest BCUT2D eigenvalue weighted by molar-refractivity contribution is -0.137. The number of hydrogen-bond donors (Lipinski definition) is 2. The standard InChI is InChI=1S/C22H25F3N2O3/c23-22(24,25)15-5-6-20-21(11-15)30-16(13-29-20)12-17(26)14-7-9-27(10-8-14)18-3-1-2-4-19(18)28/h1-6,11,14,16-17,28H,7-10,12-13,26H2/t16?,17-/m0/s1. The Labute approximate surface area is 173 Å². The van der Waals surface area contributed by atoms with Crippen molar-refractivity contribution in [2.75, 3.05) is 24.6 Å². The number of para-hydroxylation sites is 2. The van der Waals surface area contributed by atoms with E-state index in [9.17, 15) is 18.3 Å². The molecule has 2 aliphatic rings. The van der Waals surface area contributed by atoms with Gasteiger partial charge in [-0.2, -0.15) is 13.2 Å². The molecular weight excluding hydrogens is 397 g/mol. The highest BCUT2D eigenvalue weighted by atomic mass is 19.4. The molecule has 162 valence electrons. The van der Waals surface area contributed by atoms with Crippen LogP contribution in [0, 0.1) is 5.92 Å². The van der Waals surface area contributed by atoms with Crippen molar-refractivity contribution in [3.8, 4) is 17.2 Å². The van der Waals surface area contributed by atoms with Gasteiger partial charge < -0.3 is 25.2 Å². The Morgan fingerprint density at radius 1 is 1.10 bits per heavy atom. The maximum Gasteiger partial charge on any atom is 0.416 e. The van der Waals surface area contributed by atoms with Gasteiger partial charge in [0.1, 0.15) is 18.5 Å². The van der Waals surface area contributed by atoms with Gasteiger partial charge in [0.25, 0.3) is 0 Å². The number of halogens is 3. The zero-order valence-corrected chi connectivity index (χ0v) is 16.4. The minimum Gasteiger partial charge on any atom is -0.506 e. The summed E-state index contributed by atoms with van der Waals surface area (Å²) in [5.41, 5.74) is 6.50. The lowest BCUT2D eigenvalue weighted by Crippen LogP contribution is -2.44. The highest BCUT2D eigenvalue weighted by molar-refractivity contribution is 5.57. The van der Waals surface area contributed by atoms with Gasteiger partial charge in [0.05, 0.1) is 11.3 Å². The van der Waals surface area contributed by atoms with Gasteiger partial charge >= 0.3 is 6.18 Å². The second-order valence-electron chi connectivity index (χ2n) is 7.92. The van der Waals surface area contributed by atoms with Crippen molar-refractivity contribution in [1.29, 1.82) is 0 Å². The van der Waals surface area contributed by atoms with Crippen LogP contribution in [-0.2, 0) is 6.18 Å². The van der Waals surface area contributed by atoms with E-state index in [4.69, 9.17) is 15.2 Å². The molecule has 0 amide bonds. The summed E-state index contributed by atoms with van der Waals surface area (Å²) in [6.45, 7) is 1.84. The van der Waals surface area contributed by atoms with Gasteiger partial charge in [-0.1, -0.05) is 12.1 Å². The van der Waals surface area contributed by atoms with Crippen molar-refractivity contribution in [2.45, 2.75) is 37.6 Å². The van der Waals surface area contributed by atoms with Crippen LogP contribution in [0.25, 0.3) is 0 Å². The summed E-state index contributed by atoms with van der Waals surface area (Å²) in [4.78, 5) is 2.15. The summed E-state index contributed by atoms with van der Waals surface area (Å²) in [5.74, 6) is 0.981. The van der Waals surface area contributed by atoms with E-state index in [0.717, 1.165) is 43.8 Å². The van der Waals surface area contributed by atoms with Gasteiger partial charge in [-0.15, -0.1) is 0 Å². The highest BCUT2D eigenvalue weighted by Crippen LogP contribution is 2.39. The second kappa shape index (κ2) is 8.26. The van der Waals surface area contributed by atoms with Crippen molar-refractivity contribution in [3.05, 3.63) is 48.0 Å². The topological polar surface area (TPSA) is 68.0 Å². The second-order valence-corrected chi connectivity index (χ2v) is 7.92. The molecule has 3 N–H and O–H groups in total. The van der Waals surface area contributed by atoms with Crippen LogP contribution >= 0.6 is 0 Å². The molecule has 4 rings (SSSR count). The van der Waals surface area contributed by atoms with Crippen molar-refractivity contribution < 1.29 is 27.8 Å². The number of nitrogens with two attached hydrogens (primary N) is 1. The fourth-order valence-electron chi connectivity index (χ4n) is 4.20. The Morgan fingerprint density at radius 2 is 1.83 bits per heavy atom. The molecule has 2 atom stereocenters. The molecule has 0 aromatic heterocycles. The largest absolute Gasteiger partial charge is 0.506 e. The highest BCUT2D eigenvalue weighted by Gasteiger charge is 2.34. The molecule has 1 unspecified atom stereocenters. The van der Waals surface area contributed by atoms with E-state index in [-0.39, 0.29) is 36.2 Å². The molecule has 1 fully saturated rings. The van der Waals surface area contributed by atoms with Crippen LogP contribution in [0.15, 0.2) is 42.5 Å². The molecule has 8 heteroatoms. The lowest BCUT2D eigenvalue weighted by Gasteiger charge is -2.37. The minimum atomic E-state index is -4.43. The van der Waals surface area contributed by atoms with Gasteiger partial charge in [-0.3, -0.25) is 0 Å². The summed E-state index contributed by atoms with van der Waals surface area (Å²) < 4.78 is 50.2. The Bertz CT molecular complexity index is 882. The molecule has 1 saturated heterocycles. The van der Waals surface area contributed by atoms with E-state index in [1.807, 2.05) is 12.1 Å². The predicted molar refractivity (Wildman–Crippen MR) is 107 cm³/mol. The van der Waals surface area contributed by atoms with Crippen molar-refractivity contribution in [1.82, 2.24) is 0 Å². The van der Waals surface area contributed by atoms with E-state index in [1.165, 1.54) is 6.07 Å². The SMILES string of the molecule is N[C@@H](CC1COc2ccc(C(F)(F)F)cc2O1)C1CCN(c2ccccc2O)CC1. The zero-order valence-electron chi connectivity index (χ0n) is 16.4. The fraction of sp³-hybridized carbons (Fsp3) is 0.455. The Morgan fingerprint density at radius 3 is 2.53 bits per heavy atom. The van der Waals surface area contributed by atoms with Crippen LogP contribution < -0.4 is 20.1 Å². The van der Waals surface area contributed by atoms with Crippen molar-refractivity contribution in [2.24, 2.45) is 11.7 Å². The van der Waals surface area contributed by atoms with Crippen LogP contribution in [0.2, 0.25) is 0 Å². The molecule has 0 spiro atoms. The molecule has 0 bridgehead atoms. The van der Waals surface area contributed by atoms with Gasteiger partial charge in [0, 0.05) is 25.6 Å². The van der Waals surface area contributed by atoms with Crippen LogP contribution in [0.5, 0.6) is 17.2 Å². The van der Waals surface area contributed by atoms with Crippen LogP contribution in [0.3, 0.4) is 0 Å². The summed E-state index contributed by atoms with van der Waals surface area (Å²) in [6, 6.07) is 10.4. The molecule has 0 radical (unpaired) electrons. The fourth-order valence-corrected chi connectivity index (χ4v) is 4.20. The first-order valence-corrected chi connectivity index (χ1v) is 10.1.